The highest BCUT2D eigenvalue weighted by atomic mass is 35.5. The van der Waals surface area contributed by atoms with E-state index in [0.717, 1.165) is 17.5 Å². The molecule has 3 atom stereocenters. The van der Waals surface area contributed by atoms with Crippen molar-refractivity contribution in [2.75, 3.05) is 11.9 Å². The second-order valence-electron chi connectivity index (χ2n) is 6.59. The first kappa shape index (κ1) is 16.9. The smallest absolute Gasteiger partial charge is 0.296 e. The molecule has 4 rings (SSSR count). The van der Waals surface area contributed by atoms with Crippen molar-refractivity contribution < 1.29 is 9.66 Å². The van der Waals surface area contributed by atoms with Crippen LogP contribution in [0.2, 0.25) is 5.02 Å². The third-order valence-corrected chi connectivity index (χ3v) is 5.51. The number of ether oxygens (including phenoxy) is 1. The molecule has 1 aliphatic carbocycles. The second kappa shape index (κ2) is 6.65. The van der Waals surface area contributed by atoms with Gasteiger partial charge in [0.25, 0.3) is 5.69 Å². The molecule has 134 valence electrons. The molecule has 2 aromatic rings. The third kappa shape index (κ3) is 2.72. The van der Waals surface area contributed by atoms with Crippen LogP contribution >= 0.6 is 11.6 Å². The van der Waals surface area contributed by atoms with Crippen LogP contribution in [-0.2, 0) is 0 Å². The Morgan fingerprint density at radius 1 is 1.31 bits per heavy atom. The van der Waals surface area contributed by atoms with Gasteiger partial charge in [0.05, 0.1) is 23.6 Å². The normalized spacial score (nSPS) is 23.1. The number of hydrogen-bond acceptors (Lipinski definition) is 4. The van der Waals surface area contributed by atoms with Crippen LogP contribution in [-0.4, -0.2) is 11.5 Å². The minimum Gasteiger partial charge on any atom is -0.494 e. The molecule has 0 bridgehead atoms. The topological polar surface area (TPSA) is 64.4 Å². The molecule has 0 radical (unpaired) electrons. The number of hydrogen-bond donors (Lipinski definition) is 1. The molecule has 5 nitrogen and oxygen atoms in total. The Balaban J connectivity index is 1.87. The Morgan fingerprint density at radius 3 is 2.85 bits per heavy atom. The Hall–Kier alpha value is -2.53. The maximum atomic E-state index is 11.7. The lowest BCUT2D eigenvalue weighted by Crippen LogP contribution is -2.29. The molecule has 0 saturated heterocycles. The zero-order chi connectivity index (χ0) is 18.3. The lowest BCUT2D eigenvalue weighted by Gasteiger charge is -2.37. The monoisotopic (exact) mass is 370 g/mol. The van der Waals surface area contributed by atoms with Gasteiger partial charge in [-0.15, -0.1) is 0 Å². The second-order valence-corrected chi connectivity index (χ2v) is 7.00. The molecule has 2 aromatic carbocycles. The molecule has 1 heterocycles. The maximum absolute atomic E-state index is 11.7. The summed E-state index contributed by atoms with van der Waals surface area (Å²) in [7, 11) is 0. The summed E-state index contributed by atoms with van der Waals surface area (Å²) >= 11 is 6.43. The summed E-state index contributed by atoms with van der Waals surface area (Å²) in [4.78, 5) is 11.3. The van der Waals surface area contributed by atoms with Crippen LogP contribution in [0.4, 0.5) is 11.4 Å². The van der Waals surface area contributed by atoms with Crippen molar-refractivity contribution in [1.29, 1.82) is 0 Å². The number of nitrogens with zero attached hydrogens (tertiary/aromatic N) is 1. The van der Waals surface area contributed by atoms with Crippen LogP contribution in [0.1, 0.15) is 36.4 Å². The van der Waals surface area contributed by atoms with Crippen molar-refractivity contribution >= 4 is 23.0 Å². The number of halogens is 1. The van der Waals surface area contributed by atoms with Crippen LogP contribution in [0.15, 0.2) is 48.6 Å². The van der Waals surface area contributed by atoms with E-state index in [2.05, 4.69) is 17.5 Å². The first-order valence-electron chi connectivity index (χ1n) is 8.73. The van der Waals surface area contributed by atoms with Gasteiger partial charge in [0.15, 0.2) is 0 Å². The molecule has 26 heavy (non-hydrogen) atoms. The average molecular weight is 371 g/mol. The molecule has 0 amide bonds. The molecule has 0 aromatic heterocycles. The van der Waals surface area contributed by atoms with Gasteiger partial charge in [0, 0.05) is 10.9 Å². The quantitative estimate of drug-likeness (QED) is 0.440. The third-order valence-electron chi connectivity index (χ3n) is 5.17. The van der Waals surface area contributed by atoms with Gasteiger partial charge in [-0.2, -0.15) is 0 Å². The van der Waals surface area contributed by atoms with Crippen LogP contribution < -0.4 is 10.1 Å². The average Bonchev–Trinajstić information content (AvgIpc) is 3.11. The summed E-state index contributed by atoms with van der Waals surface area (Å²) in [5, 5.41) is 15.8. The molecule has 1 N–H and O–H groups in total. The van der Waals surface area contributed by atoms with Crippen LogP contribution in [0.25, 0.3) is 0 Å². The largest absolute Gasteiger partial charge is 0.494 e. The molecule has 1 aliphatic heterocycles. The molecular formula is C20H19ClN2O3. The predicted molar refractivity (Wildman–Crippen MR) is 102 cm³/mol. The van der Waals surface area contributed by atoms with Gasteiger partial charge in [-0.3, -0.25) is 10.1 Å². The lowest BCUT2D eigenvalue weighted by atomic mass is 9.76. The molecule has 0 unspecified atom stereocenters. The summed E-state index contributed by atoms with van der Waals surface area (Å²) in [5.74, 6) is 0.903. The Bertz CT molecular complexity index is 897. The lowest BCUT2D eigenvalue weighted by molar-refractivity contribution is -0.384. The van der Waals surface area contributed by atoms with Crippen molar-refractivity contribution in [3.8, 4) is 5.75 Å². The summed E-state index contributed by atoms with van der Waals surface area (Å²) in [6.07, 6.45) is 5.20. The number of fused-ring (bicyclic) bond motifs is 3. The van der Waals surface area contributed by atoms with E-state index >= 15 is 0 Å². The van der Waals surface area contributed by atoms with Crippen molar-refractivity contribution in [1.82, 2.24) is 0 Å². The fourth-order valence-corrected chi connectivity index (χ4v) is 4.34. The van der Waals surface area contributed by atoms with Gasteiger partial charge in [0.2, 0.25) is 0 Å². The van der Waals surface area contributed by atoms with E-state index in [-0.39, 0.29) is 28.5 Å². The van der Waals surface area contributed by atoms with Crippen molar-refractivity contribution in [3.63, 3.8) is 0 Å². The fourth-order valence-electron chi connectivity index (χ4n) is 4.08. The number of nitro benzene ring substituents is 1. The summed E-state index contributed by atoms with van der Waals surface area (Å²) in [6, 6.07) is 11.0. The highest BCUT2D eigenvalue weighted by Gasteiger charge is 2.41. The standard InChI is InChI=1S/C20H19ClN2O3/c1-2-26-12-10-16-13-7-5-8-14(13)19(15-6-3-4-9-17(15)21)22-20(16)18(11-12)23(24)25/h3-7,9-11,13-14,19,22H,2,8H2,1H3/t13-,14-,19-/m1/s1. The van der Waals surface area contributed by atoms with E-state index in [1.54, 1.807) is 0 Å². The highest BCUT2D eigenvalue weighted by molar-refractivity contribution is 6.31. The van der Waals surface area contributed by atoms with Gasteiger partial charge in [-0.1, -0.05) is 42.0 Å². The van der Waals surface area contributed by atoms with Gasteiger partial charge in [-0.25, -0.2) is 0 Å². The SMILES string of the molecule is CCOc1cc2c(c([N+](=O)[O-])c1)N[C@@H](c1ccccc1Cl)[C@@H]1CC=C[C@@H]21. The molecule has 6 heteroatoms. The molecule has 2 aliphatic rings. The zero-order valence-corrected chi connectivity index (χ0v) is 15.1. The predicted octanol–water partition coefficient (Wildman–Crippen LogP) is 5.47. The molecule has 0 fully saturated rings. The molecular weight excluding hydrogens is 352 g/mol. The van der Waals surface area contributed by atoms with E-state index < -0.39 is 0 Å². The number of anilines is 1. The van der Waals surface area contributed by atoms with E-state index in [1.165, 1.54) is 6.07 Å². The van der Waals surface area contributed by atoms with Gasteiger partial charge in [-0.05, 0) is 42.5 Å². The summed E-state index contributed by atoms with van der Waals surface area (Å²) in [5.41, 5.74) is 2.50. The minimum absolute atomic E-state index is 0.0433. The first-order valence-corrected chi connectivity index (χ1v) is 9.10. The Kier molecular flexibility index (Phi) is 4.32. The minimum atomic E-state index is -0.350. The molecule has 0 saturated carbocycles. The van der Waals surface area contributed by atoms with E-state index in [1.807, 2.05) is 37.3 Å². The highest BCUT2D eigenvalue weighted by Crippen LogP contribution is 2.53. The fraction of sp³-hybridized carbons (Fsp3) is 0.300. The van der Waals surface area contributed by atoms with Crippen molar-refractivity contribution in [3.05, 3.63) is 74.8 Å². The van der Waals surface area contributed by atoms with E-state index in [4.69, 9.17) is 16.3 Å². The number of nitrogens with one attached hydrogen (secondary N) is 1. The zero-order valence-electron chi connectivity index (χ0n) is 14.3. The van der Waals surface area contributed by atoms with E-state index in [0.29, 0.717) is 23.1 Å². The first-order chi connectivity index (χ1) is 12.6. The van der Waals surface area contributed by atoms with Crippen LogP contribution in [0, 0.1) is 16.0 Å². The maximum Gasteiger partial charge on any atom is 0.296 e. The molecule has 0 spiro atoms. The van der Waals surface area contributed by atoms with Crippen molar-refractivity contribution in [2.24, 2.45) is 5.92 Å². The number of benzene rings is 2. The Labute approximate surface area is 156 Å². The number of nitro groups is 1. The van der Waals surface area contributed by atoms with Gasteiger partial charge in [0.1, 0.15) is 11.4 Å². The van der Waals surface area contributed by atoms with Gasteiger partial charge < -0.3 is 10.1 Å². The van der Waals surface area contributed by atoms with E-state index in [9.17, 15) is 10.1 Å². The van der Waals surface area contributed by atoms with Crippen LogP contribution in [0.3, 0.4) is 0 Å². The Morgan fingerprint density at radius 2 is 2.12 bits per heavy atom. The summed E-state index contributed by atoms with van der Waals surface area (Å²) < 4.78 is 5.56. The number of allylic oxidation sites excluding steroid dienone is 2. The number of rotatable bonds is 4. The van der Waals surface area contributed by atoms with Crippen molar-refractivity contribution in [2.45, 2.75) is 25.3 Å². The van der Waals surface area contributed by atoms with Crippen LogP contribution in [0.5, 0.6) is 5.75 Å². The van der Waals surface area contributed by atoms with Gasteiger partial charge >= 0.3 is 0 Å². The summed E-state index contributed by atoms with van der Waals surface area (Å²) in [6.45, 7) is 2.34.